The fourth-order valence-electron chi connectivity index (χ4n) is 2.08. The zero-order chi connectivity index (χ0) is 15.3. The summed E-state index contributed by atoms with van der Waals surface area (Å²) in [6, 6.07) is 4.49. The van der Waals surface area contributed by atoms with Crippen LogP contribution in [0.15, 0.2) is 18.2 Å². The Hall–Kier alpha value is -1.68. The summed E-state index contributed by atoms with van der Waals surface area (Å²) in [4.78, 5) is 23.6. The number of nitrogens with two attached hydrogens (primary N) is 1. The number of rotatable bonds is 7. The molecule has 0 heterocycles. The minimum Gasteiger partial charge on any atom is -0.508 e. The van der Waals surface area contributed by atoms with E-state index < -0.39 is 17.6 Å². The van der Waals surface area contributed by atoms with Crippen LogP contribution in [-0.2, 0) is 16.0 Å². The van der Waals surface area contributed by atoms with Crippen molar-refractivity contribution in [2.75, 3.05) is 0 Å². The summed E-state index contributed by atoms with van der Waals surface area (Å²) in [6.45, 7) is 5.73. The molecule has 0 aliphatic carbocycles. The van der Waals surface area contributed by atoms with Crippen molar-refractivity contribution in [3.05, 3.63) is 29.3 Å². The number of phenols is 1. The fourth-order valence-corrected chi connectivity index (χ4v) is 2.08. The van der Waals surface area contributed by atoms with Gasteiger partial charge in [-0.25, -0.2) is 0 Å². The van der Waals surface area contributed by atoms with Crippen molar-refractivity contribution in [3.8, 4) is 5.75 Å². The number of hydrogen-bond donors (Lipinski definition) is 2. The van der Waals surface area contributed by atoms with Crippen LogP contribution in [0.3, 0.4) is 0 Å². The molecule has 1 rings (SSSR count). The highest BCUT2D eigenvalue weighted by atomic mass is 16.3. The lowest BCUT2D eigenvalue weighted by Crippen LogP contribution is -2.37. The van der Waals surface area contributed by atoms with Gasteiger partial charge in [-0.15, -0.1) is 0 Å². The van der Waals surface area contributed by atoms with Gasteiger partial charge in [0.15, 0.2) is 5.78 Å². The van der Waals surface area contributed by atoms with E-state index in [-0.39, 0.29) is 12.2 Å². The van der Waals surface area contributed by atoms with Crippen molar-refractivity contribution in [3.63, 3.8) is 0 Å². The van der Waals surface area contributed by atoms with E-state index in [2.05, 4.69) is 0 Å². The summed E-state index contributed by atoms with van der Waals surface area (Å²) in [7, 11) is 0. The van der Waals surface area contributed by atoms with E-state index in [1.165, 1.54) is 0 Å². The second-order valence-corrected chi connectivity index (χ2v) is 5.64. The first-order valence-corrected chi connectivity index (χ1v) is 6.92. The van der Waals surface area contributed by atoms with E-state index in [9.17, 15) is 14.7 Å². The Morgan fingerprint density at radius 3 is 2.50 bits per heavy atom. The number of carbonyl (C=O) groups excluding carboxylic acids is 2. The number of benzene rings is 1. The predicted molar refractivity (Wildman–Crippen MR) is 78.6 cm³/mol. The molecule has 4 heteroatoms. The highest BCUT2D eigenvalue weighted by molar-refractivity contribution is 6.39. The number of phenolic OH excluding ortho intramolecular Hbond substituents is 1. The Balaban J connectivity index is 2.54. The Morgan fingerprint density at radius 2 is 1.95 bits per heavy atom. The monoisotopic (exact) mass is 277 g/mol. The number of Topliss-reactive ketones (excluding diaryl/α,β-unsaturated/α-hetero) is 2. The minimum atomic E-state index is -0.691. The van der Waals surface area contributed by atoms with Crippen LogP contribution in [0.25, 0.3) is 0 Å². The Bertz CT molecular complexity index is 494. The maximum Gasteiger partial charge on any atom is 0.214 e. The van der Waals surface area contributed by atoms with E-state index in [0.717, 1.165) is 11.1 Å². The lowest BCUT2D eigenvalue weighted by Gasteiger charge is -2.12. The number of carbonyl (C=O) groups is 2. The van der Waals surface area contributed by atoms with Gasteiger partial charge in [0.05, 0.1) is 6.04 Å². The average Bonchev–Trinajstić information content (AvgIpc) is 2.38. The molecule has 3 N–H and O–H groups in total. The minimum absolute atomic E-state index is 0.162. The van der Waals surface area contributed by atoms with Crippen molar-refractivity contribution in [2.24, 2.45) is 11.7 Å². The van der Waals surface area contributed by atoms with Crippen LogP contribution in [0, 0.1) is 12.8 Å². The number of hydrogen-bond acceptors (Lipinski definition) is 4. The van der Waals surface area contributed by atoms with Gasteiger partial charge in [-0.1, -0.05) is 26.0 Å². The molecular formula is C16H23NO3. The molecular weight excluding hydrogens is 254 g/mol. The summed E-state index contributed by atoms with van der Waals surface area (Å²) >= 11 is 0. The highest BCUT2D eigenvalue weighted by Gasteiger charge is 2.22. The summed E-state index contributed by atoms with van der Waals surface area (Å²) in [5.41, 5.74) is 7.42. The van der Waals surface area contributed by atoms with Gasteiger partial charge >= 0.3 is 0 Å². The molecule has 0 amide bonds. The SMILES string of the molecule is Cc1cc(CCC(=O)C(=O)[C@@H](N)CC(C)C)ccc1O. The number of aryl methyl sites for hydroxylation is 2. The molecule has 1 aromatic carbocycles. The number of aromatic hydroxyl groups is 1. The van der Waals surface area contributed by atoms with Crippen molar-refractivity contribution < 1.29 is 14.7 Å². The van der Waals surface area contributed by atoms with Gasteiger partial charge in [-0.3, -0.25) is 9.59 Å². The zero-order valence-electron chi connectivity index (χ0n) is 12.3. The largest absolute Gasteiger partial charge is 0.508 e. The summed E-state index contributed by atoms with van der Waals surface area (Å²) in [5, 5.41) is 9.43. The van der Waals surface area contributed by atoms with E-state index in [4.69, 9.17) is 5.73 Å². The quantitative estimate of drug-likeness (QED) is 0.748. The molecule has 0 spiro atoms. The van der Waals surface area contributed by atoms with Gasteiger partial charge in [0.25, 0.3) is 0 Å². The van der Waals surface area contributed by atoms with Crippen molar-refractivity contribution in [1.29, 1.82) is 0 Å². The van der Waals surface area contributed by atoms with Crippen LogP contribution < -0.4 is 5.73 Å². The van der Waals surface area contributed by atoms with Crippen LogP contribution in [-0.4, -0.2) is 22.7 Å². The van der Waals surface area contributed by atoms with E-state index in [1.54, 1.807) is 19.1 Å². The summed E-state index contributed by atoms with van der Waals surface area (Å²) in [5.74, 6) is -0.366. The third-order valence-electron chi connectivity index (χ3n) is 3.24. The molecule has 20 heavy (non-hydrogen) atoms. The predicted octanol–water partition coefficient (Wildman–Crippen LogP) is 2.14. The van der Waals surface area contributed by atoms with Crippen molar-refractivity contribution in [2.45, 2.75) is 46.1 Å². The maximum absolute atomic E-state index is 11.8. The molecule has 0 fully saturated rings. The Morgan fingerprint density at radius 1 is 1.30 bits per heavy atom. The lowest BCUT2D eigenvalue weighted by atomic mass is 9.96. The van der Waals surface area contributed by atoms with Crippen LogP contribution in [0.4, 0.5) is 0 Å². The van der Waals surface area contributed by atoms with E-state index in [1.807, 2.05) is 19.9 Å². The zero-order valence-corrected chi connectivity index (χ0v) is 12.3. The molecule has 0 aromatic heterocycles. The molecule has 0 aliphatic rings. The molecule has 0 radical (unpaired) electrons. The van der Waals surface area contributed by atoms with E-state index in [0.29, 0.717) is 18.8 Å². The van der Waals surface area contributed by atoms with Gasteiger partial charge < -0.3 is 10.8 Å². The van der Waals surface area contributed by atoms with E-state index >= 15 is 0 Å². The molecule has 4 nitrogen and oxygen atoms in total. The fraction of sp³-hybridized carbons (Fsp3) is 0.500. The van der Waals surface area contributed by atoms with Gasteiger partial charge in [-0.2, -0.15) is 0 Å². The maximum atomic E-state index is 11.8. The Kier molecular flexibility index (Phi) is 5.89. The van der Waals surface area contributed by atoms with Crippen molar-refractivity contribution >= 4 is 11.6 Å². The highest BCUT2D eigenvalue weighted by Crippen LogP contribution is 2.18. The molecule has 0 bridgehead atoms. The topological polar surface area (TPSA) is 80.4 Å². The first-order valence-electron chi connectivity index (χ1n) is 6.92. The molecule has 1 atom stereocenters. The number of ketones is 2. The third kappa shape index (κ3) is 4.78. The third-order valence-corrected chi connectivity index (χ3v) is 3.24. The molecule has 0 saturated carbocycles. The first-order chi connectivity index (χ1) is 9.31. The van der Waals surface area contributed by atoms with Gasteiger partial charge in [0, 0.05) is 6.42 Å². The standard InChI is InChI=1S/C16H23NO3/c1-10(2)8-13(17)16(20)15(19)7-5-12-4-6-14(18)11(3)9-12/h4,6,9-10,13,18H,5,7-8,17H2,1-3H3/t13-/m0/s1. The van der Waals surface area contributed by atoms with Crippen LogP contribution >= 0.6 is 0 Å². The van der Waals surface area contributed by atoms with Crippen LogP contribution in [0.1, 0.15) is 37.8 Å². The summed E-state index contributed by atoms with van der Waals surface area (Å²) < 4.78 is 0. The molecule has 110 valence electrons. The van der Waals surface area contributed by atoms with Gasteiger partial charge in [-0.05, 0) is 42.9 Å². The molecule has 0 unspecified atom stereocenters. The Labute approximate surface area is 120 Å². The second-order valence-electron chi connectivity index (χ2n) is 5.64. The molecule has 0 aliphatic heterocycles. The lowest BCUT2D eigenvalue weighted by molar-refractivity contribution is -0.137. The molecule has 1 aromatic rings. The molecule has 0 saturated heterocycles. The first kappa shape index (κ1) is 16.4. The average molecular weight is 277 g/mol. The van der Waals surface area contributed by atoms with Gasteiger partial charge in [0.1, 0.15) is 5.75 Å². The van der Waals surface area contributed by atoms with Crippen molar-refractivity contribution in [1.82, 2.24) is 0 Å². The second kappa shape index (κ2) is 7.20. The van der Waals surface area contributed by atoms with Crippen LogP contribution in [0.5, 0.6) is 5.75 Å². The van der Waals surface area contributed by atoms with Gasteiger partial charge in [0.2, 0.25) is 5.78 Å². The normalized spacial score (nSPS) is 12.4. The van der Waals surface area contributed by atoms with Crippen LogP contribution in [0.2, 0.25) is 0 Å². The summed E-state index contributed by atoms with van der Waals surface area (Å²) in [6.07, 6.45) is 1.18. The smallest absolute Gasteiger partial charge is 0.214 e.